The maximum absolute atomic E-state index is 13.7. The van der Waals surface area contributed by atoms with Crippen molar-refractivity contribution >= 4 is 57.7 Å². The molecule has 8 nitrogen and oxygen atoms in total. The summed E-state index contributed by atoms with van der Waals surface area (Å²) in [5.41, 5.74) is 2.18. The first kappa shape index (κ1) is 31.9. The van der Waals surface area contributed by atoms with Crippen molar-refractivity contribution in [2.45, 2.75) is 17.1 Å². The molecule has 0 saturated heterocycles. The third kappa shape index (κ3) is 7.75. The molecule has 0 aliphatic heterocycles. The summed E-state index contributed by atoms with van der Waals surface area (Å²) < 4.78 is 10.9. The van der Waals surface area contributed by atoms with E-state index in [1.165, 1.54) is 32.1 Å². The Bertz CT molecular complexity index is 1900. The lowest BCUT2D eigenvalue weighted by atomic mass is 10.1. The fourth-order valence-corrected chi connectivity index (χ4v) is 5.72. The zero-order valence-electron chi connectivity index (χ0n) is 25.6. The van der Waals surface area contributed by atoms with Crippen LogP contribution in [0.5, 0.6) is 11.5 Å². The molecule has 0 bridgehead atoms. The van der Waals surface area contributed by atoms with Crippen molar-refractivity contribution in [3.05, 3.63) is 132 Å². The highest BCUT2D eigenvalue weighted by atomic mass is 32.2. The molecule has 5 rings (SSSR count). The van der Waals surface area contributed by atoms with Gasteiger partial charge in [-0.15, -0.1) is 11.8 Å². The van der Waals surface area contributed by atoms with Crippen LogP contribution < -0.4 is 25.4 Å². The summed E-state index contributed by atoms with van der Waals surface area (Å²) in [4.78, 5) is 40.7. The molecule has 3 N–H and O–H groups in total. The Kier molecular flexibility index (Phi) is 10.4. The summed E-state index contributed by atoms with van der Waals surface area (Å²) in [5.74, 6) is -0.235. The zero-order valence-corrected chi connectivity index (χ0v) is 26.4. The molecule has 0 aromatic heterocycles. The van der Waals surface area contributed by atoms with Crippen LogP contribution in [0, 0.1) is 0 Å². The molecule has 5 aromatic carbocycles. The van der Waals surface area contributed by atoms with Gasteiger partial charge in [-0.25, -0.2) is 0 Å². The van der Waals surface area contributed by atoms with Gasteiger partial charge in [-0.3, -0.25) is 14.4 Å². The van der Waals surface area contributed by atoms with Crippen molar-refractivity contribution in [2.24, 2.45) is 0 Å². The Hall–Kier alpha value is -5.54. The number of hydrogen-bond acceptors (Lipinski definition) is 6. The fourth-order valence-electron chi connectivity index (χ4n) is 4.80. The Balaban J connectivity index is 1.34. The molecule has 0 aliphatic rings. The van der Waals surface area contributed by atoms with E-state index in [0.717, 1.165) is 21.4 Å². The number of anilines is 2. The molecule has 9 heteroatoms. The number of amides is 3. The normalized spacial score (nSPS) is 11.8. The average Bonchev–Trinajstić information content (AvgIpc) is 3.08. The first-order chi connectivity index (χ1) is 22.4. The molecular weight excluding hydrogens is 598 g/mol. The molecule has 0 spiro atoms. The number of hydrogen-bond donors (Lipinski definition) is 3. The number of ether oxygens (including phenoxy) is 2. The van der Waals surface area contributed by atoms with Crippen LogP contribution in [-0.4, -0.2) is 37.2 Å². The third-order valence-electron chi connectivity index (χ3n) is 7.08. The zero-order chi connectivity index (χ0) is 32.5. The van der Waals surface area contributed by atoms with Crippen LogP contribution in [0.1, 0.15) is 22.8 Å². The van der Waals surface area contributed by atoms with Gasteiger partial charge in [-0.2, -0.15) is 0 Å². The minimum atomic E-state index is -0.543. The number of para-hydroxylation sites is 1. The number of carbonyl (C=O) groups excluding carboxylic acids is 3. The second-order valence-electron chi connectivity index (χ2n) is 10.2. The van der Waals surface area contributed by atoms with Gasteiger partial charge in [0.1, 0.15) is 5.70 Å². The van der Waals surface area contributed by atoms with Gasteiger partial charge in [-0.1, -0.05) is 72.8 Å². The van der Waals surface area contributed by atoms with E-state index in [1.54, 1.807) is 66.7 Å². The summed E-state index contributed by atoms with van der Waals surface area (Å²) in [6.45, 7) is 1.83. The van der Waals surface area contributed by atoms with Gasteiger partial charge in [0.25, 0.3) is 11.8 Å². The van der Waals surface area contributed by atoms with Crippen LogP contribution in [0.25, 0.3) is 16.8 Å². The predicted molar refractivity (Wildman–Crippen MR) is 184 cm³/mol. The molecule has 0 radical (unpaired) electrons. The molecule has 1 atom stereocenters. The maximum atomic E-state index is 13.7. The quantitative estimate of drug-likeness (QED) is 0.104. The van der Waals surface area contributed by atoms with Crippen molar-refractivity contribution in [1.82, 2.24) is 5.32 Å². The van der Waals surface area contributed by atoms with E-state index >= 15 is 0 Å². The topological polar surface area (TPSA) is 106 Å². The van der Waals surface area contributed by atoms with Crippen LogP contribution in [0.2, 0.25) is 0 Å². The van der Waals surface area contributed by atoms with Gasteiger partial charge in [0.05, 0.1) is 19.5 Å². The van der Waals surface area contributed by atoms with Crippen LogP contribution in [0.15, 0.2) is 126 Å². The van der Waals surface area contributed by atoms with Crippen LogP contribution in [-0.2, 0) is 9.59 Å². The Morgan fingerprint density at radius 1 is 0.761 bits per heavy atom. The molecule has 232 valence electrons. The third-order valence-corrected chi connectivity index (χ3v) is 8.18. The second-order valence-corrected chi connectivity index (χ2v) is 11.6. The van der Waals surface area contributed by atoms with Crippen molar-refractivity contribution in [3.8, 4) is 11.5 Å². The number of methoxy groups -OCH3 is 2. The summed E-state index contributed by atoms with van der Waals surface area (Å²) >= 11 is 1.37. The number of benzene rings is 5. The smallest absolute Gasteiger partial charge is 0.272 e. The fraction of sp³-hybridized carbons (Fsp3) is 0.108. The summed E-state index contributed by atoms with van der Waals surface area (Å²) in [5, 5.41) is 10.3. The van der Waals surface area contributed by atoms with Crippen LogP contribution >= 0.6 is 11.8 Å². The number of fused-ring (bicyclic) bond motifs is 1. The molecule has 46 heavy (non-hydrogen) atoms. The average molecular weight is 632 g/mol. The lowest BCUT2D eigenvalue weighted by Crippen LogP contribution is -2.30. The van der Waals surface area contributed by atoms with Gasteiger partial charge >= 0.3 is 0 Å². The number of carbonyl (C=O) groups is 3. The van der Waals surface area contributed by atoms with Crippen molar-refractivity contribution in [3.63, 3.8) is 0 Å². The SMILES string of the molecule is COc1cccc(/C=C(/NC(=O)c2ccccc2)C(=O)Nc2cccc(SC(C)C(=O)Nc3cccc4ccccc34)c2)c1OC. The van der Waals surface area contributed by atoms with Crippen LogP contribution in [0.4, 0.5) is 11.4 Å². The molecule has 0 heterocycles. The first-order valence-electron chi connectivity index (χ1n) is 14.5. The second kappa shape index (κ2) is 15.0. The predicted octanol–water partition coefficient (Wildman–Crippen LogP) is 7.39. The highest BCUT2D eigenvalue weighted by Gasteiger charge is 2.19. The highest BCUT2D eigenvalue weighted by molar-refractivity contribution is 8.00. The van der Waals surface area contributed by atoms with Gasteiger partial charge < -0.3 is 25.4 Å². The minimum absolute atomic E-state index is 0.00120. The monoisotopic (exact) mass is 631 g/mol. The Labute approximate surface area is 271 Å². The highest BCUT2D eigenvalue weighted by Crippen LogP contribution is 2.32. The van der Waals surface area contributed by atoms with Crippen molar-refractivity contribution in [2.75, 3.05) is 24.9 Å². The first-order valence-corrected chi connectivity index (χ1v) is 15.4. The number of nitrogens with one attached hydrogen (secondary N) is 3. The summed E-state index contributed by atoms with van der Waals surface area (Å²) in [6.07, 6.45) is 1.54. The Morgan fingerprint density at radius 2 is 1.48 bits per heavy atom. The van der Waals surface area contributed by atoms with E-state index in [2.05, 4.69) is 16.0 Å². The number of rotatable bonds is 11. The maximum Gasteiger partial charge on any atom is 0.272 e. The van der Waals surface area contributed by atoms with E-state index < -0.39 is 17.1 Å². The lowest BCUT2D eigenvalue weighted by Gasteiger charge is -2.15. The molecular formula is C37H33N3O5S. The molecule has 0 aliphatic carbocycles. The molecule has 0 fully saturated rings. The van der Waals surface area contributed by atoms with E-state index in [1.807, 2.05) is 55.5 Å². The van der Waals surface area contributed by atoms with E-state index in [-0.39, 0.29) is 11.6 Å². The minimum Gasteiger partial charge on any atom is -0.493 e. The standard InChI is InChI=1S/C37H33N3O5S/c1-24(35(41)39-31-20-9-15-25-12-7-8-19-30(25)31)46-29-18-11-17-28(23-29)38-37(43)32(40-36(42)26-13-5-4-6-14-26)22-27-16-10-21-33(44-2)34(27)45-3/h4-24H,1-3H3,(H,38,43)(H,39,41)(H,40,42)/b32-22+. The van der Waals surface area contributed by atoms with E-state index in [4.69, 9.17) is 9.47 Å². The summed E-state index contributed by atoms with van der Waals surface area (Å²) in [7, 11) is 3.03. The Morgan fingerprint density at radius 3 is 2.26 bits per heavy atom. The van der Waals surface area contributed by atoms with Gasteiger partial charge in [0, 0.05) is 32.8 Å². The molecule has 3 amide bonds. The molecule has 5 aromatic rings. The number of thioether (sulfide) groups is 1. The summed E-state index contributed by atoms with van der Waals surface area (Å²) in [6, 6.07) is 34.8. The largest absolute Gasteiger partial charge is 0.493 e. The van der Waals surface area contributed by atoms with E-state index in [9.17, 15) is 14.4 Å². The molecule has 1 unspecified atom stereocenters. The van der Waals surface area contributed by atoms with Gasteiger partial charge in [0.2, 0.25) is 5.91 Å². The van der Waals surface area contributed by atoms with Crippen molar-refractivity contribution < 1.29 is 23.9 Å². The van der Waals surface area contributed by atoms with Crippen LogP contribution in [0.3, 0.4) is 0 Å². The lowest BCUT2D eigenvalue weighted by molar-refractivity contribution is -0.115. The molecule has 0 saturated carbocycles. The van der Waals surface area contributed by atoms with Crippen molar-refractivity contribution in [1.29, 1.82) is 0 Å². The van der Waals surface area contributed by atoms with Gasteiger partial charge in [0.15, 0.2) is 11.5 Å². The van der Waals surface area contributed by atoms with Gasteiger partial charge in [-0.05, 0) is 60.9 Å². The van der Waals surface area contributed by atoms with E-state index in [0.29, 0.717) is 28.3 Å².